The van der Waals surface area contributed by atoms with Crippen molar-refractivity contribution < 1.29 is 19.4 Å². The first kappa shape index (κ1) is 13.6. The van der Waals surface area contributed by atoms with Gasteiger partial charge in [0.1, 0.15) is 6.42 Å². The number of hydrogen-bond donors (Lipinski definition) is 2. The van der Waals surface area contributed by atoms with E-state index >= 15 is 0 Å². The van der Waals surface area contributed by atoms with Gasteiger partial charge in [0.25, 0.3) is 0 Å². The Bertz CT molecular complexity index is 526. The van der Waals surface area contributed by atoms with Gasteiger partial charge in [-0.15, -0.1) is 0 Å². The van der Waals surface area contributed by atoms with Crippen molar-refractivity contribution in [2.75, 3.05) is 12.3 Å². The summed E-state index contributed by atoms with van der Waals surface area (Å²) in [4.78, 5) is 21.9. The molecule has 0 aromatic heterocycles. The first-order chi connectivity index (χ1) is 8.54. The Morgan fingerprint density at radius 2 is 2.17 bits per heavy atom. The van der Waals surface area contributed by atoms with Gasteiger partial charge in [-0.1, -0.05) is 11.8 Å². The van der Waals surface area contributed by atoms with Crippen molar-refractivity contribution in [3.63, 3.8) is 0 Å². The lowest BCUT2D eigenvalue weighted by molar-refractivity contribution is -0.135. The van der Waals surface area contributed by atoms with Crippen molar-refractivity contribution in [3.05, 3.63) is 29.3 Å². The van der Waals surface area contributed by atoms with E-state index in [4.69, 9.17) is 15.6 Å². The molecule has 1 rings (SSSR count). The number of carbonyl (C=O) groups excluding carboxylic acids is 1. The van der Waals surface area contributed by atoms with Crippen LogP contribution in [0.1, 0.15) is 29.3 Å². The second-order valence-corrected chi connectivity index (χ2v) is 3.39. The van der Waals surface area contributed by atoms with Crippen molar-refractivity contribution in [2.24, 2.45) is 0 Å². The molecule has 0 bridgehead atoms. The number of anilines is 1. The third-order valence-electron chi connectivity index (χ3n) is 2.02. The maximum absolute atomic E-state index is 11.6. The summed E-state index contributed by atoms with van der Waals surface area (Å²) in [5.41, 5.74) is 6.71. The molecule has 18 heavy (non-hydrogen) atoms. The van der Waals surface area contributed by atoms with Crippen molar-refractivity contribution in [1.82, 2.24) is 0 Å². The Morgan fingerprint density at radius 3 is 2.78 bits per heavy atom. The summed E-state index contributed by atoms with van der Waals surface area (Å²) in [7, 11) is 0. The van der Waals surface area contributed by atoms with E-state index in [0.717, 1.165) is 0 Å². The summed E-state index contributed by atoms with van der Waals surface area (Å²) < 4.78 is 4.85. The van der Waals surface area contributed by atoms with Gasteiger partial charge in [0.15, 0.2) is 0 Å². The van der Waals surface area contributed by atoms with Crippen LogP contribution in [-0.4, -0.2) is 23.7 Å². The molecule has 0 spiro atoms. The number of nitrogen functional groups attached to an aromatic ring is 1. The Kier molecular flexibility index (Phi) is 4.76. The van der Waals surface area contributed by atoms with Crippen LogP contribution in [0.4, 0.5) is 5.69 Å². The smallest absolute Gasteiger partial charge is 0.340 e. The SMILES string of the molecule is CCOC(=O)c1cc(C#CCC(=O)O)ccc1N. The number of aliphatic carboxylic acids is 1. The van der Waals surface area contributed by atoms with Crippen molar-refractivity contribution in [1.29, 1.82) is 0 Å². The van der Waals surface area contributed by atoms with Crippen molar-refractivity contribution in [3.8, 4) is 11.8 Å². The largest absolute Gasteiger partial charge is 0.481 e. The molecule has 0 saturated heterocycles. The van der Waals surface area contributed by atoms with Crippen LogP contribution in [0.2, 0.25) is 0 Å². The van der Waals surface area contributed by atoms with Crippen LogP contribution < -0.4 is 5.73 Å². The van der Waals surface area contributed by atoms with Gasteiger partial charge < -0.3 is 15.6 Å². The normalized spacial score (nSPS) is 9.17. The molecule has 0 saturated carbocycles. The summed E-state index contributed by atoms with van der Waals surface area (Å²) in [5.74, 6) is 3.61. The highest BCUT2D eigenvalue weighted by molar-refractivity contribution is 5.95. The van der Waals surface area contributed by atoms with Gasteiger partial charge in [-0.25, -0.2) is 4.79 Å². The predicted octanol–water partition coefficient (Wildman–Crippen LogP) is 1.27. The zero-order chi connectivity index (χ0) is 13.5. The first-order valence-electron chi connectivity index (χ1n) is 5.32. The maximum atomic E-state index is 11.6. The predicted molar refractivity (Wildman–Crippen MR) is 65.9 cm³/mol. The van der Waals surface area contributed by atoms with Crippen LogP contribution >= 0.6 is 0 Å². The number of carboxylic acid groups (broad SMARTS) is 1. The zero-order valence-electron chi connectivity index (χ0n) is 9.90. The molecule has 5 heteroatoms. The number of carboxylic acids is 1. The van der Waals surface area contributed by atoms with Gasteiger partial charge in [-0.05, 0) is 25.1 Å². The Hall–Kier alpha value is -2.48. The fourth-order valence-electron chi connectivity index (χ4n) is 1.24. The topological polar surface area (TPSA) is 89.6 Å². The molecule has 0 amide bonds. The van der Waals surface area contributed by atoms with E-state index < -0.39 is 11.9 Å². The number of benzene rings is 1. The standard InChI is InChI=1S/C13H13NO4/c1-2-18-13(17)10-8-9(6-7-11(10)14)4-3-5-12(15)16/h6-8H,2,5,14H2,1H3,(H,15,16). The lowest BCUT2D eigenvalue weighted by Crippen LogP contribution is -2.08. The summed E-state index contributed by atoms with van der Waals surface area (Å²) in [6, 6.07) is 4.64. The highest BCUT2D eigenvalue weighted by Gasteiger charge is 2.10. The molecule has 0 heterocycles. The first-order valence-corrected chi connectivity index (χ1v) is 5.32. The molecule has 0 aliphatic rings. The quantitative estimate of drug-likeness (QED) is 0.477. The Labute approximate surface area is 105 Å². The monoisotopic (exact) mass is 247 g/mol. The van der Waals surface area contributed by atoms with E-state index in [-0.39, 0.29) is 18.6 Å². The van der Waals surface area contributed by atoms with Gasteiger partial charge in [-0.2, -0.15) is 0 Å². The number of nitrogens with two attached hydrogens (primary N) is 1. The molecule has 5 nitrogen and oxygen atoms in total. The summed E-state index contributed by atoms with van der Waals surface area (Å²) in [6.45, 7) is 1.96. The molecule has 0 unspecified atom stereocenters. The van der Waals surface area contributed by atoms with Crippen LogP contribution in [0.5, 0.6) is 0 Å². The molecule has 3 N–H and O–H groups in total. The second kappa shape index (κ2) is 6.30. The minimum absolute atomic E-state index is 0.235. The van der Waals surface area contributed by atoms with E-state index in [1.807, 2.05) is 0 Å². The van der Waals surface area contributed by atoms with Crippen molar-refractivity contribution >= 4 is 17.6 Å². The highest BCUT2D eigenvalue weighted by Crippen LogP contribution is 2.15. The lowest BCUT2D eigenvalue weighted by atomic mass is 10.1. The molecule has 0 radical (unpaired) electrons. The van der Waals surface area contributed by atoms with Crippen LogP contribution in [0.15, 0.2) is 18.2 Å². The number of hydrogen-bond acceptors (Lipinski definition) is 4. The average Bonchev–Trinajstić information content (AvgIpc) is 2.31. The van der Waals surface area contributed by atoms with Crippen LogP contribution in [0.25, 0.3) is 0 Å². The molecule has 0 atom stereocenters. The summed E-state index contributed by atoms with van der Waals surface area (Å²) in [6.07, 6.45) is -0.251. The van der Waals surface area contributed by atoms with Gasteiger partial charge in [0, 0.05) is 11.3 Å². The van der Waals surface area contributed by atoms with Gasteiger partial charge in [0.2, 0.25) is 0 Å². The van der Waals surface area contributed by atoms with E-state index in [9.17, 15) is 9.59 Å². The fourth-order valence-corrected chi connectivity index (χ4v) is 1.24. The fraction of sp³-hybridized carbons (Fsp3) is 0.231. The number of rotatable bonds is 3. The minimum atomic E-state index is -0.997. The highest BCUT2D eigenvalue weighted by atomic mass is 16.5. The van der Waals surface area contributed by atoms with E-state index in [0.29, 0.717) is 11.3 Å². The minimum Gasteiger partial charge on any atom is -0.481 e. The molecule has 94 valence electrons. The molecular formula is C13H13NO4. The van der Waals surface area contributed by atoms with E-state index in [1.165, 1.54) is 12.1 Å². The van der Waals surface area contributed by atoms with Gasteiger partial charge in [-0.3, -0.25) is 4.79 Å². The zero-order valence-corrected chi connectivity index (χ0v) is 9.90. The molecule has 0 aliphatic heterocycles. The van der Waals surface area contributed by atoms with E-state index in [1.54, 1.807) is 13.0 Å². The summed E-state index contributed by atoms with van der Waals surface area (Å²) in [5, 5.41) is 8.45. The lowest BCUT2D eigenvalue weighted by Gasteiger charge is -2.05. The third-order valence-corrected chi connectivity index (χ3v) is 2.02. The number of ether oxygens (including phenoxy) is 1. The second-order valence-electron chi connectivity index (χ2n) is 3.39. The van der Waals surface area contributed by atoms with E-state index in [2.05, 4.69) is 11.8 Å². The van der Waals surface area contributed by atoms with Crippen LogP contribution in [0.3, 0.4) is 0 Å². The van der Waals surface area contributed by atoms with Crippen LogP contribution in [0, 0.1) is 11.8 Å². The number of esters is 1. The molecule has 0 aliphatic carbocycles. The number of carbonyl (C=O) groups is 2. The average molecular weight is 247 g/mol. The Balaban J connectivity index is 2.95. The molecule has 1 aromatic rings. The Morgan fingerprint density at radius 1 is 1.44 bits per heavy atom. The van der Waals surface area contributed by atoms with Gasteiger partial charge in [0.05, 0.1) is 12.2 Å². The third kappa shape index (κ3) is 3.83. The molecule has 1 aromatic carbocycles. The van der Waals surface area contributed by atoms with Gasteiger partial charge >= 0.3 is 11.9 Å². The maximum Gasteiger partial charge on any atom is 0.340 e. The molecular weight excluding hydrogens is 234 g/mol. The van der Waals surface area contributed by atoms with Crippen molar-refractivity contribution in [2.45, 2.75) is 13.3 Å². The summed E-state index contributed by atoms with van der Waals surface area (Å²) >= 11 is 0. The van der Waals surface area contributed by atoms with Crippen LogP contribution in [-0.2, 0) is 9.53 Å². The molecule has 0 fully saturated rings.